The Morgan fingerprint density at radius 3 is 3.17 bits per heavy atom. The monoisotopic (exact) mass is 183 g/mol. The van der Waals surface area contributed by atoms with Crippen LogP contribution in [0.15, 0.2) is 28.1 Å². The molecule has 0 radical (unpaired) electrons. The molecule has 0 unspecified atom stereocenters. The summed E-state index contributed by atoms with van der Waals surface area (Å²) in [5.74, 6) is 0.0813. The van der Waals surface area contributed by atoms with Gasteiger partial charge < -0.3 is 5.73 Å². The number of rotatable bonds is 0. The SMILES string of the molecule is NC1=Nc2ccc(F)cc2SN1. The van der Waals surface area contributed by atoms with Crippen LogP contribution >= 0.6 is 11.9 Å². The Labute approximate surface area is 73.0 Å². The first kappa shape index (κ1) is 7.42. The van der Waals surface area contributed by atoms with Crippen molar-refractivity contribution in [1.29, 1.82) is 0 Å². The van der Waals surface area contributed by atoms with Crippen molar-refractivity contribution in [2.75, 3.05) is 0 Å². The van der Waals surface area contributed by atoms with E-state index < -0.39 is 0 Å². The number of nitrogens with zero attached hydrogens (tertiary/aromatic N) is 1. The zero-order valence-corrected chi connectivity index (χ0v) is 6.86. The number of halogens is 1. The van der Waals surface area contributed by atoms with Crippen molar-refractivity contribution >= 4 is 23.6 Å². The van der Waals surface area contributed by atoms with Gasteiger partial charge in [0.05, 0.1) is 10.6 Å². The van der Waals surface area contributed by atoms with E-state index in [9.17, 15) is 4.39 Å². The molecule has 0 fully saturated rings. The lowest BCUT2D eigenvalue weighted by molar-refractivity contribution is 0.624. The standard InChI is InChI=1S/C7H6FN3S/c8-4-1-2-5-6(3-4)12-11-7(9)10-5/h1-3H,(H3,9,10,11). The molecule has 62 valence electrons. The molecule has 3 N–H and O–H groups in total. The van der Waals surface area contributed by atoms with Crippen molar-refractivity contribution < 1.29 is 4.39 Å². The molecule has 0 amide bonds. The summed E-state index contributed by atoms with van der Waals surface area (Å²) in [6.07, 6.45) is 0. The molecule has 3 nitrogen and oxygen atoms in total. The number of nitrogens with two attached hydrogens (primary N) is 1. The van der Waals surface area contributed by atoms with Gasteiger partial charge in [-0.1, -0.05) is 0 Å². The van der Waals surface area contributed by atoms with Gasteiger partial charge in [0.1, 0.15) is 5.82 Å². The molecule has 1 aromatic carbocycles. The molecule has 0 spiro atoms. The van der Waals surface area contributed by atoms with Crippen LogP contribution in [-0.2, 0) is 0 Å². The van der Waals surface area contributed by atoms with Crippen molar-refractivity contribution in [1.82, 2.24) is 4.72 Å². The Balaban J connectivity index is 2.51. The highest BCUT2D eigenvalue weighted by Crippen LogP contribution is 2.30. The Bertz CT molecular complexity index is 351. The van der Waals surface area contributed by atoms with Crippen LogP contribution in [0.1, 0.15) is 0 Å². The second kappa shape index (κ2) is 2.67. The summed E-state index contributed by atoms with van der Waals surface area (Å²) in [5, 5.41) is 0. The zero-order chi connectivity index (χ0) is 8.55. The van der Waals surface area contributed by atoms with Crippen molar-refractivity contribution in [3.05, 3.63) is 24.0 Å². The second-order valence-electron chi connectivity index (χ2n) is 2.31. The molecule has 1 aliphatic rings. The number of hydrogen-bond acceptors (Lipinski definition) is 4. The molecular formula is C7H6FN3S. The second-order valence-corrected chi connectivity index (χ2v) is 3.16. The van der Waals surface area contributed by atoms with E-state index in [4.69, 9.17) is 5.73 Å². The molecule has 1 aromatic rings. The summed E-state index contributed by atoms with van der Waals surface area (Å²) < 4.78 is 15.4. The van der Waals surface area contributed by atoms with E-state index in [-0.39, 0.29) is 5.82 Å². The number of guanidine groups is 1. The predicted molar refractivity (Wildman–Crippen MR) is 46.7 cm³/mol. The molecule has 0 bridgehead atoms. The van der Waals surface area contributed by atoms with Gasteiger partial charge >= 0.3 is 0 Å². The van der Waals surface area contributed by atoms with E-state index in [0.29, 0.717) is 11.6 Å². The lowest BCUT2D eigenvalue weighted by atomic mass is 10.3. The number of fused-ring (bicyclic) bond motifs is 1. The average Bonchev–Trinajstić information content (AvgIpc) is 2.05. The van der Waals surface area contributed by atoms with Gasteiger partial charge in [0, 0.05) is 0 Å². The van der Waals surface area contributed by atoms with E-state index in [1.165, 1.54) is 24.1 Å². The molecule has 0 aromatic heterocycles. The minimum Gasteiger partial charge on any atom is -0.369 e. The summed E-state index contributed by atoms with van der Waals surface area (Å²) in [5.41, 5.74) is 6.12. The van der Waals surface area contributed by atoms with Gasteiger partial charge in [0.15, 0.2) is 0 Å². The third-order valence-electron chi connectivity index (χ3n) is 1.43. The summed E-state index contributed by atoms with van der Waals surface area (Å²) in [6.45, 7) is 0. The summed E-state index contributed by atoms with van der Waals surface area (Å²) in [7, 11) is 0. The van der Waals surface area contributed by atoms with E-state index in [1.54, 1.807) is 6.07 Å². The topological polar surface area (TPSA) is 50.4 Å². The van der Waals surface area contributed by atoms with Crippen molar-refractivity contribution in [3.8, 4) is 0 Å². The van der Waals surface area contributed by atoms with Gasteiger partial charge in [-0.05, 0) is 30.1 Å². The van der Waals surface area contributed by atoms with Crippen molar-refractivity contribution in [2.45, 2.75) is 4.90 Å². The lowest BCUT2D eigenvalue weighted by Crippen LogP contribution is -2.27. The van der Waals surface area contributed by atoms with Crippen molar-refractivity contribution in [2.24, 2.45) is 10.7 Å². The Morgan fingerprint density at radius 2 is 2.33 bits per heavy atom. The van der Waals surface area contributed by atoms with Gasteiger partial charge in [-0.15, -0.1) is 0 Å². The minimum atomic E-state index is -0.265. The van der Waals surface area contributed by atoms with Gasteiger partial charge in [-0.3, -0.25) is 4.72 Å². The Kier molecular flexibility index (Phi) is 1.65. The number of aliphatic imine (C=N–C) groups is 1. The first-order chi connectivity index (χ1) is 5.75. The van der Waals surface area contributed by atoms with Gasteiger partial charge in [-0.2, -0.15) is 0 Å². The van der Waals surface area contributed by atoms with Crippen LogP contribution in [-0.4, -0.2) is 5.96 Å². The number of nitrogens with one attached hydrogen (secondary N) is 1. The molecule has 0 saturated heterocycles. The van der Waals surface area contributed by atoms with E-state index >= 15 is 0 Å². The first-order valence-corrected chi connectivity index (χ1v) is 4.14. The van der Waals surface area contributed by atoms with Gasteiger partial charge in [0.25, 0.3) is 0 Å². The smallest absolute Gasteiger partial charge is 0.204 e. The molecule has 1 heterocycles. The quantitative estimate of drug-likeness (QED) is 0.597. The highest BCUT2D eigenvalue weighted by molar-refractivity contribution is 7.98. The fourth-order valence-electron chi connectivity index (χ4n) is 0.922. The predicted octanol–water partition coefficient (Wildman–Crippen LogP) is 1.38. The lowest BCUT2D eigenvalue weighted by Gasteiger charge is -2.12. The minimum absolute atomic E-state index is 0.265. The molecule has 5 heteroatoms. The number of benzene rings is 1. The van der Waals surface area contributed by atoms with Crippen molar-refractivity contribution in [3.63, 3.8) is 0 Å². The van der Waals surface area contributed by atoms with Crippen LogP contribution in [0.3, 0.4) is 0 Å². The van der Waals surface area contributed by atoms with E-state index in [1.807, 2.05) is 0 Å². The van der Waals surface area contributed by atoms with Crippen LogP contribution in [0, 0.1) is 5.82 Å². The number of hydrogen-bond donors (Lipinski definition) is 2. The molecular weight excluding hydrogens is 177 g/mol. The van der Waals surface area contributed by atoms with Gasteiger partial charge in [-0.25, -0.2) is 9.38 Å². The summed E-state index contributed by atoms with van der Waals surface area (Å²) in [4.78, 5) is 4.74. The van der Waals surface area contributed by atoms with E-state index in [0.717, 1.165) is 4.90 Å². The summed E-state index contributed by atoms with van der Waals surface area (Å²) in [6, 6.07) is 4.38. The maximum absolute atomic E-state index is 12.7. The highest BCUT2D eigenvalue weighted by atomic mass is 32.2. The maximum atomic E-state index is 12.7. The molecule has 12 heavy (non-hydrogen) atoms. The van der Waals surface area contributed by atoms with Crippen LogP contribution < -0.4 is 10.5 Å². The highest BCUT2D eigenvalue weighted by Gasteiger charge is 2.09. The van der Waals surface area contributed by atoms with Crippen LogP contribution in [0.2, 0.25) is 0 Å². The van der Waals surface area contributed by atoms with E-state index in [2.05, 4.69) is 9.71 Å². The molecule has 1 aliphatic heterocycles. The molecule has 0 atom stereocenters. The maximum Gasteiger partial charge on any atom is 0.204 e. The van der Waals surface area contributed by atoms with Crippen LogP contribution in [0.25, 0.3) is 0 Å². The fraction of sp³-hybridized carbons (Fsp3) is 0. The average molecular weight is 183 g/mol. The first-order valence-electron chi connectivity index (χ1n) is 3.32. The molecule has 0 aliphatic carbocycles. The van der Waals surface area contributed by atoms with Crippen LogP contribution in [0.5, 0.6) is 0 Å². The molecule has 2 rings (SSSR count). The third-order valence-corrected chi connectivity index (χ3v) is 2.29. The van der Waals surface area contributed by atoms with Crippen LogP contribution in [0.4, 0.5) is 10.1 Å². The third kappa shape index (κ3) is 1.23. The zero-order valence-electron chi connectivity index (χ0n) is 6.04. The normalized spacial score (nSPS) is 14.6. The summed E-state index contributed by atoms with van der Waals surface area (Å²) >= 11 is 1.27. The Hall–Kier alpha value is -1.23. The Morgan fingerprint density at radius 1 is 1.50 bits per heavy atom. The van der Waals surface area contributed by atoms with Gasteiger partial charge in [0.2, 0.25) is 5.96 Å². The fourth-order valence-corrected chi connectivity index (χ4v) is 1.57. The largest absolute Gasteiger partial charge is 0.369 e. The molecule has 0 saturated carbocycles.